The van der Waals surface area contributed by atoms with Gasteiger partial charge >= 0.3 is 5.97 Å². The average Bonchev–Trinajstić information content (AvgIpc) is 2.26. The zero-order chi connectivity index (χ0) is 12.2. The number of nitrogens with two attached hydrogens (primary N) is 1. The SMILES string of the molecule is CC(SCCN)(C(=O)O)c1ccc(F)cc1. The number of benzene rings is 1. The van der Waals surface area contributed by atoms with E-state index in [4.69, 9.17) is 5.73 Å². The summed E-state index contributed by atoms with van der Waals surface area (Å²) in [6, 6.07) is 5.51. The van der Waals surface area contributed by atoms with E-state index in [0.717, 1.165) is 0 Å². The monoisotopic (exact) mass is 243 g/mol. The maximum absolute atomic E-state index is 12.8. The van der Waals surface area contributed by atoms with Gasteiger partial charge in [-0.2, -0.15) is 0 Å². The number of carboxylic acid groups (broad SMARTS) is 1. The Bertz CT molecular complexity index is 369. The molecule has 1 rings (SSSR count). The molecule has 0 bridgehead atoms. The largest absolute Gasteiger partial charge is 0.480 e. The lowest BCUT2D eigenvalue weighted by atomic mass is 10.0. The van der Waals surface area contributed by atoms with Gasteiger partial charge in [-0.1, -0.05) is 12.1 Å². The Morgan fingerprint density at radius 2 is 2.06 bits per heavy atom. The zero-order valence-electron chi connectivity index (χ0n) is 8.94. The second kappa shape index (κ2) is 5.32. The normalized spacial score (nSPS) is 14.4. The topological polar surface area (TPSA) is 63.3 Å². The lowest BCUT2D eigenvalue weighted by Crippen LogP contribution is -2.30. The number of thioether (sulfide) groups is 1. The van der Waals surface area contributed by atoms with Crippen molar-refractivity contribution in [2.75, 3.05) is 12.3 Å². The molecule has 3 N–H and O–H groups in total. The van der Waals surface area contributed by atoms with Crippen LogP contribution in [0.5, 0.6) is 0 Å². The smallest absolute Gasteiger partial charge is 0.324 e. The molecule has 0 fully saturated rings. The van der Waals surface area contributed by atoms with E-state index in [1.165, 1.54) is 36.0 Å². The van der Waals surface area contributed by atoms with Crippen molar-refractivity contribution in [2.24, 2.45) is 5.73 Å². The third kappa shape index (κ3) is 2.74. The fraction of sp³-hybridized carbons (Fsp3) is 0.364. The Kier molecular flexibility index (Phi) is 4.32. The van der Waals surface area contributed by atoms with Crippen LogP contribution in [0.2, 0.25) is 0 Å². The fourth-order valence-corrected chi connectivity index (χ4v) is 2.25. The highest BCUT2D eigenvalue weighted by atomic mass is 32.2. The van der Waals surface area contributed by atoms with Crippen LogP contribution >= 0.6 is 11.8 Å². The minimum atomic E-state index is -1.08. The van der Waals surface area contributed by atoms with Crippen LogP contribution in [0.4, 0.5) is 4.39 Å². The summed E-state index contributed by atoms with van der Waals surface area (Å²) in [5.74, 6) is -0.780. The Labute approximate surface area is 97.8 Å². The molecule has 0 saturated heterocycles. The van der Waals surface area contributed by atoms with Gasteiger partial charge in [0.2, 0.25) is 0 Å². The van der Waals surface area contributed by atoms with E-state index in [1.807, 2.05) is 0 Å². The van der Waals surface area contributed by atoms with Crippen molar-refractivity contribution < 1.29 is 14.3 Å². The van der Waals surface area contributed by atoms with Crippen molar-refractivity contribution in [1.82, 2.24) is 0 Å². The Morgan fingerprint density at radius 1 is 1.50 bits per heavy atom. The first-order chi connectivity index (χ1) is 7.50. The van der Waals surface area contributed by atoms with Crippen molar-refractivity contribution in [1.29, 1.82) is 0 Å². The number of carboxylic acids is 1. The molecule has 1 aromatic carbocycles. The number of rotatable bonds is 5. The van der Waals surface area contributed by atoms with E-state index in [9.17, 15) is 14.3 Å². The van der Waals surface area contributed by atoms with Gasteiger partial charge < -0.3 is 10.8 Å². The van der Waals surface area contributed by atoms with Gasteiger partial charge in [0.25, 0.3) is 0 Å². The summed E-state index contributed by atoms with van der Waals surface area (Å²) in [6.45, 7) is 2.01. The van der Waals surface area contributed by atoms with Crippen LogP contribution in [0, 0.1) is 5.82 Å². The van der Waals surface area contributed by atoms with Gasteiger partial charge in [0, 0.05) is 12.3 Å². The van der Waals surface area contributed by atoms with E-state index in [1.54, 1.807) is 6.92 Å². The Balaban J connectivity index is 3.01. The summed E-state index contributed by atoms with van der Waals surface area (Å²) >= 11 is 1.24. The van der Waals surface area contributed by atoms with E-state index in [2.05, 4.69) is 0 Å². The summed E-state index contributed by atoms with van der Waals surface area (Å²) in [4.78, 5) is 11.3. The first kappa shape index (κ1) is 13.0. The van der Waals surface area contributed by atoms with E-state index < -0.39 is 10.7 Å². The van der Waals surface area contributed by atoms with Crippen LogP contribution in [-0.4, -0.2) is 23.4 Å². The summed E-state index contributed by atoms with van der Waals surface area (Å²) in [7, 11) is 0. The summed E-state index contributed by atoms with van der Waals surface area (Å²) in [5.41, 5.74) is 5.93. The van der Waals surface area contributed by atoms with Crippen molar-refractivity contribution in [3.8, 4) is 0 Å². The minimum Gasteiger partial charge on any atom is -0.480 e. The molecule has 0 spiro atoms. The molecule has 0 heterocycles. The number of carbonyl (C=O) groups is 1. The standard InChI is InChI=1S/C11H14FNO2S/c1-11(10(14)15,16-7-6-13)8-2-4-9(12)5-3-8/h2-5H,6-7,13H2,1H3,(H,14,15). The van der Waals surface area contributed by atoms with E-state index >= 15 is 0 Å². The highest BCUT2D eigenvalue weighted by Crippen LogP contribution is 2.36. The second-order valence-electron chi connectivity index (χ2n) is 3.48. The number of halogens is 1. The van der Waals surface area contributed by atoms with Crippen molar-refractivity contribution in [3.05, 3.63) is 35.6 Å². The molecule has 0 amide bonds. The molecule has 0 aromatic heterocycles. The van der Waals surface area contributed by atoms with Crippen molar-refractivity contribution >= 4 is 17.7 Å². The van der Waals surface area contributed by atoms with Crippen LogP contribution < -0.4 is 5.73 Å². The van der Waals surface area contributed by atoms with Gasteiger partial charge in [-0.3, -0.25) is 4.79 Å². The molecular weight excluding hydrogens is 229 g/mol. The quantitative estimate of drug-likeness (QED) is 0.828. The summed E-state index contributed by atoms with van der Waals surface area (Å²) < 4.78 is 11.7. The Morgan fingerprint density at radius 3 is 2.50 bits per heavy atom. The molecule has 0 saturated carbocycles. The van der Waals surface area contributed by atoms with Crippen LogP contribution in [0.25, 0.3) is 0 Å². The molecule has 1 atom stereocenters. The first-order valence-corrected chi connectivity index (χ1v) is 5.82. The molecule has 0 radical (unpaired) electrons. The zero-order valence-corrected chi connectivity index (χ0v) is 9.76. The van der Waals surface area contributed by atoms with Crippen LogP contribution in [-0.2, 0) is 9.54 Å². The predicted molar refractivity (Wildman–Crippen MR) is 62.9 cm³/mol. The van der Waals surface area contributed by atoms with Gasteiger partial charge in [-0.05, 0) is 24.6 Å². The molecule has 16 heavy (non-hydrogen) atoms. The van der Waals surface area contributed by atoms with Gasteiger partial charge in [-0.25, -0.2) is 4.39 Å². The summed E-state index contributed by atoms with van der Waals surface area (Å²) in [5, 5.41) is 9.23. The molecule has 0 aliphatic rings. The fourth-order valence-electron chi connectivity index (χ4n) is 1.30. The number of hydrogen-bond donors (Lipinski definition) is 2. The van der Waals surface area contributed by atoms with Crippen molar-refractivity contribution in [3.63, 3.8) is 0 Å². The Hall–Kier alpha value is -1.07. The van der Waals surface area contributed by atoms with E-state index in [0.29, 0.717) is 17.9 Å². The predicted octanol–water partition coefficient (Wildman–Crippen LogP) is 1.82. The number of hydrogen-bond acceptors (Lipinski definition) is 3. The maximum atomic E-state index is 12.8. The molecule has 0 aliphatic carbocycles. The average molecular weight is 243 g/mol. The molecule has 5 heteroatoms. The molecular formula is C11H14FNO2S. The third-order valence-electron chi connectivity index (χ3n) is 2.31. The third-order valence-corrected chi connectivity index (χ3v) is 3.74. The molecule has 1 aromatic rings. The van der Waals surface area contributed by atoms with Crippen LogP contribution in [0.3, 0.4) is 0 Å². The molecule has 1 unspecified atom stereocenters. The van der Waals surface area contributed by atoms with Gasteiger partial charge in [-0.15, -0.1) is 11.8 Å². The molecule has 3 nitrogen and oxygen atoms in total. The van der Waals surface area contributed by atoms with Crippen LogP contribution in [0.15, 0.2) is 24.3 Å². The van der Waals surface area contributed by atoms with Gasteiger partial charge in [0.15, 0.2) is 0 Å². The lowest BCUT2D eigenvalue weighted by Gasteiger charge is -2.24. The van der Waals surface area contributed by atoms with Crippen molar-refractivity contribution in [2.45, 2.75) is 11.7 Å². The summed E-state index contributed by atoms with van der Waals surface area (Å²) in [6.07, 6.45) is 0. The molecule has 88 valence electrons. The highest BCUT2D eigenvalue weighted by molar-refractivity contribution is 8.00. The van der Waals surface area contributed by atoms with Gasteiger partial charge in [0.1, 0.15) is 10.6 Å². The maximum Gasteiger partial charge on any atom is 0.324 e. The minimum absolute atomic E-state index is 0.375. The van der Waals surface area contributed by atoms with Gasteiger partial charge in [0.05, 0.1) is 0 Å². The number of aliphatic carboxylic acids is 1. The van der Waals surface area contributed by atoms with Crippen LogP contribution in [0.1, 0.15) is 12.5 Å². The lowest BCUT2D eigenvalue weighted by molar-refractivity contribution is -0.139. The van der Waals surface area contributed by atoms with E-state index in [-0.39, 0.29) is 5.82 Å². The first-order valence-electron chi connectivity index (χ1n) is 4.84. The highest BCUT2D eigenvalue weighted by Gasteiger charge is 2.35. The molecule has 0 aliphatic heterocycles. The second-order valence-corrected chi connectivity index (χ2v) is 5.00.